The molecule has 0 saturated carbocycles. The fourth-order valence-electron chi connectivity index (χ4n) is 1.01. The smallest absolute Gasteiger partial charge is 0.202 e. The molecule has 0 bridgehead atoms. The number of aromatic nitrogens is 2. The number of hydrogen-bond donors (Lipinski definition) is 0. The topological polar surface area (TPSA) is 65.4 Å². The molecule has 1 heterocycles. The van der Waals surface area contributed by atoms with Crippen molar-refractivity contribution in [2.45, 2.75) is 19.4 Å². The molecule has 0 aromatic carbocycles. The Morgan fingerprint density at radius 3 is 2.85 bits per heavy atom. The molecular formula is C8H7ClN4. The van der Waals surface area contributed by atoms with Gasteiger partial charge in [-0.1, -0.05) is 0 Å². The lowest BCUT2D eigenvalue weighted by Gasteiger charge is -2.02. The predicted molar refractivity (Wildman–Crippen MR) is 46.8 cm³/mol. The third-order valence-electron chi connectivity index (χ3n) is 1.60. The van der Waals surface area contributed by atoms with Crippen molar-refractivity contribution >= 4 is 11.6 Å². The average Bonchev–Trinajstić information content (AvgIpc) is 2.45. The largest absolute Gasteiger partial charge is 0.317 e. The van der Waals surface area contributed by atoms with Gasteiger partial charge in [0.25, 0.3) is 0 Å². The van der Waals surface area contributed by atoms with E-state index >= 15 is 0 Å². The summed E-state index contributed by atoms with van der Waals surface area (Å²) in [6, 6.07) is 4.02. The second-order valence-electron chi connectivity index (χ2n) is 2.41. The normalized spacial score (nSPS) is 9.15. The van der Waals surface area contributed by atoms with Gasteiger partial charge in [0.05, 0.1) is 36.9 Å². The zero-order valence-electron chi connectivity index (χ0n) is 6.87. The van der Waals surface area contributed by atoms with Gasteiger partial charge in [-0.05, 0) is 11.6 Å². The van der Waals surface area contributed by atoms with Crippen LogP contribution in [0, 0.1) is 22.7 Å². The molecule has 0 amide bonds. The molecule has 0 aliphatic carbocycles. The number of nitrogens with zero attached hydrogens (tertiary/aromatic N) is 4. The van der Waals surface area contributed by atoms with Crippen LogP contribution in [0.5, 0.6) is 0 Å². The zero-order chi connectivity index (χ0) is 9.68. The monoisotopic (exact) mass is 194 g/mol. The molecule has 5 heteroatoms. The van der Waals surface area contributed by atoms with Crippen LogP contribution >= 0.6 is 11.6 Å². The van der Waals surface area contributed by atoms with Crippen molar-refractivity contribution in [2.75, 3.05) is 0 Å². The minimum absolute atomic E-state index is 0.269. The van der Waals surface area contributed by atoms with Gasteiger partial charge in [0, 0.05) is 6.54 Å². The molecule has 0 aliphatic rings. The molecule has 4 nitrogen and oxygen atoms in total. The summed E-state index contributed by atoms with van der Waals surface area (Å²) in [6.07, 6.45) is 2.20. The van der Waals surface area contributed by atoms with E-state index in [0.29, 0.717) is 18.2 Å². The second kappa shape index (κ2) is 4.49. The van der Waals surface area contributed by atoms with Crippen molar-refractivity contribution in [1.82, 2.24) is 9.55 Å². The summed E-state index contributed by atoms with van der Waals surface area (Å²) in [5.74, 6) is 0. The number of nitriles is 2. The van der Waals surface area contributed by atoms with E-state index < -0.39 is 0 Å². The Labute approximate surface area is 81.0 Å². The van der Waals surface area contributed by atoms with E-state index in [2.05, 4.69) is 4.98 Å². The van der Waals surface area contributed by atoms with Crippen LogP contribution in [0.4, 0.5) is 0 Å². The van der Waals surface area contributed by atoms with Crippen LogP contribution in [0.2, 0.25) is 5.28 Å². The highest BCUT2D eigenvalue weighted by Gasteiger charge is 2.06. The Morgan fingerprint density at radius 2 is 2.23 bits per heavy atom. The molecular weight excluding hydrogens is 188 g/mol. The van der Waals surface area contributed by atoms with E-state index in [0.717, 1.165) is 5.69 Å². The lowest BCUT2D eigenvalue weighted by atomic mass is 10.3. The SMILES string of the molecule is N#CCCn1c(CC#N)cnc1Cl. The molecule has 0 fully saturated rings. The highest BCUT2D eigenvalue weighted by molar-refractivity contribution is 6.28. The van der Waals surface area contributed by atoms with Crippen molar-refractivity contribution in [3.8, 4) is 12.1 Å². The van der Waals surface area contributed by atoms with Gasteiger partial charge in [-0.3, -0.25) is 0 Å². The highest BCUT2D eigenvalue weighted by atomic mass is 35.5. The lowest BCUT2D eigenvalue weighted by Crippen LogP contribution is -2.02. The molecule has 0 aliphatic heterocycles. The standard InChI is InChI=1S/C8H7ClN4/c9-8-12-6-7(2-4-11)13(8)5-1-3-10/h6H,1-2,5H2. The number of imidazole rings is 1. The minimum Gasteiger partial charge on any atom is -0.317 e. The number of hydrogen-bond acceptors (Lipinski definition) is 3. The Bertz CT molecular complexity index is 368. The van der Waals surface area contributed by atoms with E-state index in [4.69, 9.17) is 22.1 Å². The first kappa shape index (κ1) is 9.57. The van der Waals surface area contributed by atoms with Crippen LogP contribution < -0.4 is 0 Å². The Hall–Kier alpha value is -1.52. The second-order valence-corrected chi connectivity index (χ2v) is 2.75. The third-order valence-corrected chi connectivity index (χ3v) is 1.90. The van der Waals surface area contributed by atoms with E-state index in [-0.39, 0.29) is 6.42 Å². The lowest BCUT2D eigenvalue weighted by molar-refractivity contribution is 0.688. The summed E-state index contributed by atoms with van der Waals surface area (Å²) < 4.78 is 1.67. The first-order chi connectivity index (χ1) is 6.29. The Kier molecular flexibility index (Phi) is 3.31. The van der Waals surface area contributed by atoms with Gasteiger partial charge in [0.15, 0.2) is 0 Å². The van der Waals surface area contributed by atoms with E-state index in [1.165, 1.54) is 0 Å². The molecule has 0 saturated heterocycles. The van der Waals surface area contributed by atoms with Crippen molar-refractivity contribution in [3.63, 3.8) is 0 Å². The molecule has 0 atom stereocenters. The molecule has 1 rings (SSSR count). The average molecular weight is 195 g/mol. The van der Waals surface area contributed by atoms with Gasteiger partial charge < -0.3 is 4.57 Å². The summed E-state index contributed by atoms with van der Waals surface area (Å²) >= 11 is 5.75. The molecule has 1 aromatic rings. The van der Waals surface area contributed by atoms with Crippen molar-refractivity contribution < 1.29 is 0 Å². The molecule has 0 spiro atoms. The number of halogens is 1. The molecule has 0 N–H and O–H groups in total. The van der Waals surface area contributed by atoms with Gasteiger partial charge in [-0.25, -0.2) is 4.98 Å². The minimum atomic E-state index is 0.269. The quantitative estimate of drug-likeness (QED) is 0.733. The zero-order valence-corrected chi connectivity index (χ0v) is 7.62. The van der Waals surface area contributed by atoms with E-state index in [9.17, 15) is 0 Å². The van der Waals surface area contributed by atoms with Gasteiger partial charge in [0.2, 0.25) is 5.28 Å². The summed E-state index contributed by atoms with van der Waals surface area (Å²) in [5, 5.41) is 17.2. The van der Waals surface area contributed by atoms with Gasteiger partial charge in [0.1, 0.15) is 0 Å². The van der Waals surface area contributed by atoms with E-state index in [1.807, 2.05) is 12.1 Å². The maximum absolute atomic E-state index is 8.48. The van der Waals surface area contributed by atoms with Crippen LogP contribution in [0.25, 0.3) is 0 Å². The van der Waals surface area contributed by atoms with Crippen LogP contribution in [-0.4, -0.2) is 9.55 Å². The van der Waals surface area contributed by atoms with Crippen LogP contribution in [-0.2, 0) is 13.0 Å². The van der Waals surface area contributed by atoms with Crippen LogP contribution in [0.1, 0.15) is 12.1 Å². The molecule has 0 unspecified atom stereocenters. The van der Waals surface area contributed by atoms with E-state index in [1.54, 1.807) is 10.8 Å². The summed E-state index contributed by atoms with van der Waals surface area (Å²) in [6.45, 7) is 0.492. The highest BCUT2D eigenvalue weighted by Crippen LogP contribution is 2.11. The van der Waals surface area contributed by atoms with Crippen molar-refractivity contribution in [3.05, 3.63) is 17.2 Å². The molecule has 66 valence electrons. The van der Waals surface area contributed by atoms with Crippen LogP contribution in [0.15, 0.2) is 6.20 Å². The first-order valence-corrected chi connectivity index (χ1v) is 4.11. The summed E-state index contributed by atoms with van der Waals surface area (Å²) in [5.41, 5.74) is 0.753. The predicted octanol–water partition coefficient (Wildman–Crippen LogP) is 1.52. The third kappa shape index (κ3) is 2.21. The first-order valence-electron chi connectivity index (χ1n) is 3.73. The maximum Gasteiger partial charge on any atom is 0.202 e. The number of rotatable bonds is 3. The maximum atomic E-state index is 8.48. The molecule has 0 radical (unpaired) electrons. The Balaban J connectivity index is 2.84. The molecule has 13 heavy (non-hydrogen) atoms. The summed E-state index contributed by atoms with van der Waals surface area (Å²) in [7, 11) is 0. The van der Waals surface area contributed by atoms with Crippen LogP contribution in [0.3, 0.4) is 0 Å². The Morgan fingerprint density at radius 1 is 1.46 bits per heavy atom. The fourth-order valence-corrected chi connectivity index (χ4v) is 1.25. The summed E-state index contributed by atoms with van der Waals surface area (Å²) in [4.78, 5) is 3.86. The molecule has 1 aromatic heterocycles. The van der Waals surface area contributed by atoms with Gasteiger partial charge >= 0.3 is 0 Å². The van der Waals surface area contributed by atoms with Gasteiger partial charge in [-0.2, -0.15) is 10.5 Å². The van der Waals surface area contributed by atoms with Gasteiger partial charge in [-0.15, -0.1) is 0 Å². The fraction of sp³-hybridized carbons (Fsp3) is 0.375. The van der Waals surface area contributed by atoms with Crippen molar-refractivity contribution in [2.24, 2.45) is 0 Å². The van der Waals surface area contributed by atoms with Crippen molar-refractivity contribution in [1.29, 1.82) is 10.5 Å².